The van der Waals surface area contributed by atoms with E-state index in [0.717, 1.165) is 15.2 Å². The smallest absolute Gasteiger partial charge is 0.328 e. The number of fused-ring (bicyclic) bond motifs is 1. The first-order valence-corrected chi connectivity index (χ1v) is 7.23. The lowest BCUT2D eigenvalue weighted by Gasteiger charge is -2.35. The largest absolute Gasteiger partial charge is 0.480 e. The molecular weight excluding hydrogens is 320 g/mol. The highest BCUT2D eigenvalue weighted by Crippen LogP contribution is 2.32. The number of aromatic nitrogens is 1. The second-order valence-electron chi connectivity index (χ2n) is 5.08. The molecular formula is C15H17BrN2O2. The molecule has 0 aliphatic heterocycles. The number of benzene rings is 1. The minimum Gasteiger partial charge on any atom is -0.480 e. The van der Waals surface area contributed by atoms with E-state index in [-0.39, 0.29) is 0 Å². The Morgan fingerprint density at radius 1 is 1.35 bits per heavy atom. The van der Waals surface area contributed by atoms with E-state index in [0.29, 0.717) is 12.4 Å². The van der Waals surface area contributed by atoms with Gasteiger partial charge in [0.05, 0.1) is 0 Å². The highest BCUT2D eigenvalue weighted by atomic mass is 79.9. The maximum atomic E-state index is 11.5. The second kappa shape index (κ2) is 5.40. The molecule has 0 unspecified atom stereocenters. The molecule has 1 aromatic heterocycles. The van der Waals surface area contributed by atoms with Crippen molar-refractivity contribution < 1.29 is 9.90 Å². The third-order valence-electron chi connectivity index (χ3n) is 3.50. The van der Waals surface area contributed by atoms with Crippen molar-refractivity contribution in [3.63, 3.8) is 0 Å². The second-order valence-corrected chi connectivity index (χ2v) is 5.93. The Hall–Kier alpha value is -1.62. The van der Waals surface area contributed by atoms with E-state index in [4.69, 9.17) is 0 Å². The van der Waals surface area contributed by atoms with Gasteiger partial charge in [-0.25, -0.2) is 9.78 Å². The van der Waals surface area contributed by atoms with Crippen LogP contribution >= 0.6 is 15.9 Å². The summed E-state index contributed by atoms with van der Waals surface area (Å²) < 4.78 is 0.975. The molecule has 106 valence electrons. The molecule has 0 aliphatic carbocycles. The minimum absolute atomic E-state index is 0.567. The molecule has 2 aromatic rings. The SMILES string of the molecule is CCN(c1nccc2c(Br)cccc12)C(C)(C)C(=O)O. The molecule has 0 aliphatic rings. The van der Waals surface area contributed by atoms with Gasteiger partial charge >= 0.3 is 5.97 Å². The lowest BCUT2D eigenvalue weighted by atomic mass is 10.0. The van der Waals surface area contributed by atoms with E-state index >= 15 is 0 Å². The quantitative estimate of drug-likeness (QED) is 0.925. The van der Waals surface area contributed by atoms with Crippen molar-refractivity contribution in [2.45, 2.75) is 26.3 Å². The minimum atomic E-state index is -1.02. The Balaban J connectivity index is 2.68. The van der Waals surface area contributed by atoms with Gasteiger partial charge in [0.15, 0.2) is 0 Å². The molecule has 0 saturated carbocycles. The molecule has 0 atom stereocenters. The van der Waals surface area contributed by atoms with Crippen molar-refractivity contribution in [1.29, 1.82) is 0 Å². The Morgan fingerprint density at radius 3 is 2.65 bits per heavy atom. The van der Waals surface area contributed by atoms with Gasteiger partial charge in [-0.3, -0.25) is 0 Å². The van der Waals surface area contributed by atoms with Crippen molar-refractivity contribution in [3.05, 3.63) is 34.9 Å². The average Bonchev–Trinajstić information content (AvgIpc) is 2.40. The van der Waals surface area contributed by atoms with Crippen LogP contribution in [0, 0.1) is 0 Å². The van der Waals surface area contributed by atoms with E-state index in [2.05, 4.69) is 20.9 Å². The monoisotopic (exact) mass is 336 g/mol. The van der Waals surface area contributed by atoms with Crippen LogP contribution in [0.3, 0.4) is 0 Å². The van der Waals surface area contributed by atoms with Gasteiger partial charge in [-0.1, -0.05) is 28.1 Å². The summed E-state index contributed by atoms with van der Waals surface area (Å²) in [7, 11) is 0. The van der Waals surface area contributed by atoms with Gasteiger partial charge < -0.3 is 10.0 Å². The van der Waals surface area contributed by atoms with Crippen LogP contribution in [0.5, 0.6) is 0 Å². The van der Waals surface area contributed by atoms with Crippen LogP contribution < -0.4 is 4.90 Å². The number of nitrogens with zero attached hydrogens (tertiary/aromatic N) is 2. The van der Waals surface area contributed by atoms with E-state index in [1.807, 2.05) is 36.1 Å². The third-order valence-corrected chi connectivity index (χ3v) is 4.19. The fourth-order valence-electron chi connectivity index (χ4n) is 2.29. The zero-order valence-corrected chi connectivity index (χ0v) is 13.3. The van der Waals surface area contributed by atoms with Crippen molar-refractivity contribution in [2.24, 2.45) is 0 Å². The summed E-state index contributed by atoms with van der Waals surface area (Å²) in [6, 6.07) is 7.78. The molecule has 4 nitrogen and oxygen atoms in total. The summed E-state index contributed by atoms with van der Waals surface area (Å²) in [6.07, 6.45) is 1.71. The van der Waals surface area contributed by atoms with E-state index in [9.17, 15) is 9.90 Å². The first-order valence-electron chi connectivity index (χ1n) is 6.44. The fraction of sp³-hybridized carbons (Fsp3) is 0.333. The summed E-state index contributed by atoms with van der Waals surface area (Å²) in [5.41, 5.74) is -1.02. The topological polar surface area (TPSA) is 53.4 Å². The molecule has 0 saturated heterocycles. The fourth-order valence-corrected chi connectivity index (χ4v) is 2.79. The number of carbonyl (C=O) groups is 1. The molecule has 0 amide bonds. The number of carboxylic acids is 1. The summed E-state index contributed by atoms with van der Waals surface area (Å²) in [5.74, 6) is -0.174. The van der Waals surface area contributed by atoms with Crippen LogP contribution in [0.25, 0.3) is 10.8 Å². The molecule has 1 N–H and O–H groups in total. The van der Waals surface area contributed by atoms with Gasteiger partial charge in [0, 0.05) is 28.0 Å². The van der Waals surface area contributed by atoms with Crippen LogP contribution in [0.4, 0.5) is 5.82 Å². The first kappa shape index (κ1) is 14.8. The van der Waals surface area contributed by atoms with Crippen molar-refractivity contribution in [3.8, 4) is 0 Å². The predicted octanol–water partition coefficient (Wildman–Crippen LogP) is 3.69. The molecule has 0 spiro atoms. The molecule has 5 heteroatoms. The molecule has 20 heavy (non-hydrogen) atoms. The zero-order chi connectivity index (χ0) is 14.9. The first-order chi connectivity index (χ1) is 9.39. The van der Waals surface area contributed by atoms with Crippen LogP contribution in [0.15, 0.2) is 34.9 Å². The highest BCUT2D eigenvalue weighted by molar-refractivity contribution is 9.10. The standard InChI is InChI=1S/C15H17BrN2O2/c1-4-18(15(2,3)14(19)20)13-11-6-5-7-12(16)10(11)8-9-17-13/h5-9H,4H2,1-3H3,(H,19,20). The summed E-state index contributed by atoms with van der Waals surface area (Å²) >= 11 is 3.52. The maximum Gasteiger partial charge on any atom is 0.328 e. The van der Waals surface area contributed by atoms with Crippen molar-refractivity contribution >= 4 is 38.5 Å². The number of likely N-dealkylation sites (N-methyl/N-ethyl adjacent to an activating group) is 1. The summed E-state index contributed by atoms with van der Waals surface area (Å²) in [6.45, 7) is 5.88. The number of aliphatic carboxylic acids is 1. The van der Waals surface area contributed by atoms with E-state index in [1.165, 1.54) is 0 Å². The predicted molar refractivity (Wildman–Crippen MR) is 84.2 cm³/mol. The van der Waals surface area contributed by atoms with Gasteiger partial charge in [0.2, 0.25) is 0 Å². The number of anilines is 1. The molecule has 0 bridgehead atoms. The normalized spacial score (nSPS) is 11.6. The van der Waals surface area contributed by atoms with Gasteiger partial charge in [-0.15, -0.1) is 0 Å². The van der Waals surface area contributed by atoms with Crippen LogP contribution in [-0.2, 0) is 4.79 Å². The molecule has 1 aromatic carbocycles. The maximum absolute atomic E-state index is 11.5. The zero-order valence-electron chi connectivity index (χ0n) is 11.7. The van der Waals surface area contributed by atoms with Crippen molar-refractivity contribution in [2.75, 3.05) is 11.4 Å². The average molecular weight is 337 g/mol. The summed E-state index contributed by atoms with van der Waals surface area (Å²) in [5, 5.41) is 11.4. The molecule has 0 radical (unpaired) electrons. The van der Waals surface area contributed by atoms with E-state index < -0.39 is 11.5 Å². The van der Waals surface area contributed by atoms with Gasteiger partial charge in [-0.2, -0.15) is 0 Å². The number of halogens is 1. The lowest BCUT2D eigenvalue weighted by molar-refractivity contribution is -0.142. The van der Waals surface area contributed by atoms with E-state index in [1.54, 1.807) is 20.0 Å². The molecule has 1 heterocycles. The number of hydrogen-bond donors (Lipinski definition) is 1. The highest BCUT2D eigenvalue weighted by Gasteiger charge is 2.35. The molecule has 2 rings (SSSR count). The van der Waals surface area contributed by atoms with Gasteiger partial charge in [0.25, 0.3) is 0 Å². The number of carboxylic acid groups (broad SMARTS) is 1. The number of hydrogen-bond acceptors (Lipinski definition) is 3. The molecule has 0 fully saturated rings. The Kier molecular flexibility index (Phi) is 3.99. The van der Waals surface area contributed by atoms with Crippen LogP contribution in [-0.4, -0.2) is 28.1 Å². The van der Waals surface area contributed by atoms with Gasteiger partial charge in [0.1, 0.15) is 11.4 Å². The van der Waals surface area contributed by atoms with Crippen LogP contribution in [0.2, 0.25) is 0 Å². The Labute approximate surface area is 126 Å². The summed E-state index contributed by atoms with van der Waals surface area (Å²) in [4.78, 5) is 17.7. The lowest BCUT2D eigenvalue weighted by Crippen LogP contribution is -2.50. The van der Waals surface area contributed by atoms with Crippen molar-refractivity contribution in [1.82, 2.24) is 4.98 Å². The number of rotatable bonds is 4. The number of pyridine rings is 1. The third kappa shape index (κ3) is 2.38. The Morgan fingerprint density at radius 2 is 2.05 bits per heavy atom. The Bertz CT molecular complexity index is 655. The van der Waals surface area contributed by atoms with Crippen LogP contribution in [0.1, 0.15) is 20.8 Å². The van der Waals surface area contributed by atoms with Gasteiger partial charge in [-0.05, 0) is 32.9 Å².